The molecule has 0 bridgehead atoms. The summed E-state index contributed by atoms with van der Waals surface area (Å²) >= 11 is 0. The second-order valence-electron chi connectivity index (χ2n) is 8.60. The minimum atomic E-state index is 0.233. The summed E-state index contributed by atoms with van der Waals surface area (Å²) in [6.07, 6.45) is 8.34. The topological polar surface area (TPSA) is 103 Å². The summed E-state index contributed by atoms with van der Waals surface area (Å²) in [6, 6.07) is 0. The van der Waals surface area contributed by atoms with Gasteiger partial charge in [-0.05, 0) is 59.3 Å². The highest BCUT2D eigenvalue weighted by atomic mass is 15.2. The fourth-order valence-electron chi connectivity index (χ4n) is 4.18. The number of anilines is 1. The molecule has 1 aromatic rings. The standard InChI is InChI=1S/C19H35N7/c1-18(2)12-15(13-19(3,4)26-18)8-5-6-10-21-16-23-14-24-17(25-16)22-11-7-9-20/h9,14-15,26H,5-8,10-13,20H2,1-4H3,(H,21,23,24,25). The van der Waals surface area contributed by atoms with E-state index in [2.05, 4.69) is 58.6 Å². The Labute approximate surface area is 158 Å². The van der Waals surface area contributed by atoms with Crippen molar-refractivity contribution in [3.05, 3.63) is 12.9 Å². The molecule has 0 atom stereocenters. The Morgan fingerprint density at radius 2 is 1.96 bits per heavy atom. The van der Waals surface area contributed by atoms with Gasteiger partial charge in [-0.15, -0.1) is 0 Å². The molecule has 1 aliphatic rings. The van der Waals surface area contributed by atoms with Gasteiger partial charge in [0, 0.05) is 30.7 Å². The number of hydrogen-bond acceptors (Lipinski definition) is 6. The minimum Gasteiger partial charge on any atom is -0.354 e. The van der Waals surface area contributed by atoms with Crippen LogP contribution >= 0.6 is 0 Å². The van der Waals surface area contributed by atoms with Crippen molar-refractivity contribution in [3.63, 3.8) is 0 Å². The molecule has 0 unspecified atom stereocenters. The van der Waals surface area contributed by atoms with Crippen molar-refractivity contribution in [1.29, 1.82) is 0 Å². The van der Waals surface area contributed by atoms with Crippen LogP contribution in [0.4, 0.5) is 11.9 Å². The maximum atomic E-state index is 5.35. The van der Waals surface area contributed by atoms with Gasteiger partial charge in [0.2, 0.25) is 11.9 Å². The molecule has 0 spiro atoms. The summed E-state index contributed by atoms with van der Waals surface area (Å²) in [5.74, 6) is 1.85. The molecule has 2 heterocycles. The third kappa shape index (κ3) is 7.41. The van der Waals surface area contributed by atoms with Gasteiger partial charge in [-0.3, -0.25) is 0 Å². The highest BCUT2D eigenvalue weighted by molar-refractivity contribution is 5.27. The fourth-order valence-corrected chi connectivity index (χ4v) is 4.18. The van der Waals surface area contributed by atoms with Crippen molar-refractivity contribution in [2.45, 2.75) is 77.3 Å². The van der Waals surface area contributed by atoms with Crippen LogP contribution in [0.5, 0.6) is 0 Å². The molecule has 1 aromatic heterocycles. The van der Waals surface area contributed by atoms with E-state index in [0.29, 0.717) is 18.4 Å². The Kier molecular flexibility index (Phi) is 7.58. The third-order valence-electron chi connectivity index (χ3n) is 4.71. The van der Waals surface area contributed by atoms with Gasteiger partial charge in [-0.1, -0.05) is 12.8 Å². The van der Waals surface area contributed by atoms with Crippen molar-refractivity contribution in [2.24, 2.45) is 11.7 Å². The van der Waals surface area contributed by atoms with Gasteiger partial charge in [0.1, 0.15) is 6.33 Å². The van der Waals surface area contributed by atoms with Crippen LogP contribution in [0, 0.1) is 12.5 Å². The summed E-state index contributed by atoms with van der Waals surface area (Å²) in [6.45, 7) is 12.3. The zero-order chi connectivity index (χ0) is 19.0. The monoisotopic (exact) mass is 361 g/mol. The number of nitrogens with zero attached hydrogens (tertiary/aromatic N) is 4. The van der Waals surface area contributed by atoms with E-state index in [4.69, 9.17) is 5.73 Å². The zero-order valence-corrected chi connectivity index (χ0v) is 16.8. The van der Waals surface area contributed by atoms with Gasteiger partial charge in [-0.2, -0.15) is 9.97 Å². The Balaban J connectivity index is 1.67. The average molecular weight is 362 g/mol. The summed E-state index contributed by atoms with van der Waals surface area (Å²) in [4.78, 5) is 12.5. The van der Waals surface area contributed by atoms with Crippen LogP contribution in [0.1, 0.15) is 66.2 Å². The number of aromatic nitrogens is 3. The number of hydrogen-bond donors (Lipinski definition) is 3. The van der Waals surface area contributed by atoms with Crippen molar-refractivity contribution < 1.29 is 0 Å². The number of rotatable bonds is 10. The summed E-state index contributed by atoms with van der Waals surface area (Å²) < 4.78 is 0. The van der Waals surface area contributed by atoms with Crippen molar-refractivity contribution in [2.75, 3.05) is 18.4 Å². The first kappa shape index (κ1) is 20.8. The average Bonchev–Trinajstić information content (AvgIpc) is 2.52. The molecule has 4 N–H and O–H groups in total. The van der Waals surface area contributed by atoms with Gasteiger partial charge in [0.25, 0.3) is 0 Å². The van der Waals surface area contributed by atoms with Crippen LogP contribution in [0.15, 0.2) is 6.33 Å². The Morgan fingerprint density at radius 3 is 2.65 bits per heavy atom. The first-order valence-corrected chi connectivity index (χ1v) is 9.73. The maximum absolute atomic E-state index is 5.35. The molecule has 2 rings (SSSR count). The van der Waals surface area contributed by atoms with Crippen LogP contribution in [-0.4, -0.2) is 39.1 Å². The highest BCUT2D eigenvalue weighted by Crippen LogP contribution is 2.35. The molecule has 146 valence electrons. The van der Waals surface area contributed by atoms with E-state index in [1.165, 1.54) is 32.0 Å². The molecule has 1 fully saturated rings. The number of nitrogens with two attached hydrogens (primary N) is 1. The van der Waals surface area contributed by atoms with Crippen LogP contribution in [0.3, 0.4) is 0 Å². The molecule has 1 saturated heterocycles. The van der Waals surface area contributed by atoms with Crippen molar-refractivity contribution in [1.82, 2.24) is 25.6 Å². The lowest BCUT2D eigenvalue weighted by atomic mass is 9.74. The van der Waals surface area contributed by atoms with Gasteiger partial charge in [-0.25, -0.2) is 10.3 Å². The number of unbranched alkanes of at least 4 members (excludes halogenated alkanes) is 1. The first-order valence-electron chi connectivity index (χ1n) is 9.73. The molecular formula is C19H35N7. The largest absolute Gasteiger partial charge is 0.354 e. The molecule has 0 saturated carbocycles. The molecule has 0 aromatic carbocycles. The van der Waals surface area contributed by atoms with Crippen LogP contribution < -0.4 is 21.7 Å². The van der Waals surface area contributed by atoms with Gasteiger partial charge in [0.15, 0.2) is 0 Å². The van der Waals surface area contributed by atoms with E-state index in [9.17, 15) is 0 Å². The Morgan fingerprint density at radius 1 is 1.23 bits per heavy atom. The third-order valence-corrected chi connectivity index (χ3v) is 4.71. The molecule has 0 aliphatic carbocycles. The van der Waals surface area contributed by atoms with E-state index < -0.39 is 0 Å². The fraction of sp³-hybridized carbons (Fsp3) is 0.789. The lowest BCUT2D eigenvalue weighted by molar-refractivity contribution is 0.122. The molecule has 26 heavy (non-hydrogen) atoms. The van der Waals surface area contributed by atoms with Crippen LogP contribution in [0.25, 0.3) is 0 Å². The summed E-state index contributed by atoms with van der Waals surface area (Å²) in [7, 11) is 0. The summed E-state index contributed by atoms with van der Waals surface area (Å²) in [5.41, 5.74) is 5.81. The van der Waals surface area contributed by atoms with Crippen molar-refractivity contribution in [3.8, 4) is 0 Å². The second-order valence-corrected chi connectivity index (χ2v) is 8.60. The van der Waals surface area contributed by atoms with Crippen LogP contribution in [0.2, 0.25) is 0 Å². The number of piperidine rings is 1. The molecule has 1 aliphatic heterocycles. The molecule has 2 radical (unpaired) electrons. The van der Waals surface area contributed by atoms with E-state index >= 15 is 0 Å². The van der Waals surface area contributed by atoms with Gasteiger partial charge in [0.05, 0.1) is 0 Å². The Bertz CT molecular complexity index is 528. The van der Waals surface area contributed by atoms with E-state index in [-0.39, 0.29) is 11.1 Å². The normalized spacial score (nSPS) is 19.3. The zero-order valence-electron chi connectivity index (χ0n) is 16.8. The minimum absolute atomic E-state index is 0.233. The predicted octanol–water partition coefficient (Wildman–Crippen LogP) is 2.76. The maximum Gasteiger partial charge on any atom is 0.249 e. The molecule has 0 amide bonds. The van der Waals surface area contributed by atoms with Crippen LogP contribution in [-0.2, 0) is 0 Å². The predicted molar refractivity (Wildman–Crippen MR) is 106 cm³/mol. The lowest BCUT2D eigenvalue weighted by Crippen LogP contribution is -2.57. The highest BCUT2D eigenvalue weighted by Gasteiger charge is 2.36. The van der Waals surface area contributed by atoms with Crippen molar-refractivity contribution >= 4 is 11.9 Å². The second kappa shape index (κ2) is 9.46. The van der Waals surface area contributed by atoms with Gasteiger partial charge >= 0.3 is 0 Å². The van der Waals surface area contributed by atoms with E-state index in [1.54, 1.807) is 6.54 Å². The Hall–Kier alpha value is -1.47. The first-order chi connectivity index (χ1) is 12.3. The molecule has 7 nitrogen and oxygen atoms in total. The summed E-state index contributed by atoms with van der Waals surface area (Å²) in [5, 5.41) is 11.3. The SMILES string of the molecule is CC1(C)CC(CCCCNc2ncnc([N]CC[CH]N)n2)CC(C)(C)N1. The molecule has 7 heteroatoms. The quantitative estimate of drug-likeness (QED) is 0.554. The van der Waals surface area contributed by atoms with E-state index in [0.717, 1.165) is 25.3 Å². The smallest absolute Gasteiger partial charge is 0.249 e. The lowest BCUT2D eigenvalue weighted by Gasteiger charge is -2.46. The van der Waals surface area contributed by atoms with E-state index in [1.807, 2.05) is 0 Å². The molecular weight excluding hydrogens is 326 g/mol. The van der Waals surface area contributed by atoms with Gasteiger partial charge < -0.3 is 16.4 Å². The number of nitrogens with one attached hydrogen (secondary N) is 2.